The lowest BCUT2D eigenvalue weighted by Gasteiger charge is -2.25. The van der Waals surface area contributed by atoms with Crippen LogP contribution in [0.25, 0.3) is 0 Å². The van der Waals surface area contributed by atoms with Gasteiger partial charge in [0.1, 0.15) is 18.1 Å². The van der Waals surface area contributed by atoms with E-state index in [1.807, 2.05) is 25.6 Å². The summed E-state index contributed by atoms with van der Waals surface area (Å²) in [5, 5.41) is 30.4. The zero-order valence-electron chi connectivity index (χ0n) is 36.9. The van der Waals surface area contributed by atoms with Gasteiger partial charge in [0.15, 0.2) is 0 Å². The number of rotatable bonds is 30. The lowest BCUT2D eigenvalue weighted by molar-refractivity contribution is -0.137. The van der Waals surface area contributed by atoms with E-state index in [9.17, 15) is 47.9 Å². The lowest BCUT2D eigenvalue weighted by Crippen LogP contribution is -2.56. The van der Waals surface area contributed by atoms with Crippen molar-refractivity contribution >= 4 is 71.0 Å². The van der Waals surface area contributed by atoms with Crippen LogP contribution in [0.15, 0.2) is 30.3 Å². The fourth-order valence-corrected chi connectivity index (χ4v) is 8.97. The Morgan fingerprint density at radius 2 is 1.45 bits per heavy atom. The van der Waals surface area contributed by atoms with E-state index >= 15 is 0 Å². The van der Waals surface area contributed by atoms with Crippen LogP contribution in [0.3, 0.4) is 0 Å². The van der Waals surface area contributed by atoms with Gasteiger partial charge in [0, 0.05) is 49.1 Å². The Balaban J connectivity index is 1.43. The van der Waals surface area contributed by atoms with Gasteiger partial charge in [-0.25, -0.2) is 10.3 Å². The van der Waals surface area contributed by atoms with Crippen LogP contribution in [0.5, 0.6) is 0 Å². The molecule has 0 aromatic heterocycles. The molecule has 0 spiro atoms. The summed E-state index contributed by atoms with van der Waals surface area (Å²) in [5.41, 5.74) is 13.0. The normalized spacial score (nSPS) is 18.0. The molecule has 1 aromatic rings. The molecule has 3 rings (SSSR count). The summed E-state index contributed by atoms with van der Waals surface area (Å²) in [6.07, 6.45) is 3.28. The van der Waals surface area contributed by atoms with Gasteiger partial charge in [-0.1, -0.05) is 50.6 Å². The molecule has 11 amide bonds. The molecule has 1 aromatic carbocycles. The molecular formula is C42H65N11O11S. The summed E-state index contributed by atoms with van der Waals surface area (Å²) in [6, 6.07) is 5.12. The number of thioether (sulfide) groups is 1. The standard InChI is InChI=1S/C42H65N11O11S/c1-24(2)18-26(20-34(56)53-64)39(60)50-29(19-25-10-4-3-5-11-25)41(62)49-28(15-16-32(43)54)40(61)47-21-35(57)46-22-36(58)48-27(38(44)59)12-8-9-17-45-33(55)14-7-6-13-31-37-30(23-65-31)51-42(63)52-37/h3-5,10-11,24,26-31,37,64H,6-9,12-23H2,1-2H3,(H2,43,54)(H2,44,59)(H,45,55)(H,46,57)(H,47,61)(H,48,58)(H,49,62)(H,50,60)(H,53,56)(H2,51,52,63)/t26?,27-,28-,29-,30-,31-,37-/m0/s1. The fraction of sp³-hybridized carbons (Fsp3) is 0.619. The number of unbranched alkanes of at least 4 members (excludes halogenated alkanes) is 2. The molecule has 14 N–H and O–H groups in total. The summed E-state index contributed by atoms with van der Waals surface area (Å²) < 4.78 is 0. The summed E-state index contributed by atoms with van der Waals surface area (Å²) in [5.74, 6) is -6.36. The van der Waals surface area contributed by atoms with E-state index in [1.165, 1.54) is 5.48 Å². The second-order valence-electron chi connectivity index (χ2n) is 16.6. The van der Waals surface area contributed by atoms with E-state index in [2.05, 4.69) is 42.5 Å². The predicted molar refractivity (Wildman–Crippen MR) is 238 cm³/mol. The monoisotopic (exact) mass is 931 g/mol. The number of nitrogens with two attached hydrogens (primary N) is 2. The first-order valence-corrected chi connectivity index (χ1v) is 22.9. The zero-order valence-corrected chi connectivity index (χ0v) is 37.7. The summed E-state index contributed by atoms with van der Waals surface area (Å²) in [7, 11) is 0. The summed E-state index contributed by atoms with van der Waals surface area (Å²) >= 11 is 1.83. The Bertz CT molecular complexity index is 1820. The topological polar surface area (TPSA) is 351 Å². The lowest BCUT2D eigenvalue weighted by atomic mass is 9.92. The van der Waals surface area contributed by atoms with Gasteiger partial charge < -0.3 is 54.0 Å². The Hall–Kier alpha value is -5.97. The van der Waals surface area contributed by atoms with Gasteiger partial charge in [-0.15, -0.1) is 0 Å². The number of hydroxylamine groups is 1. The first-order valence-electron chi connectivity index (χ1n) is 21.9. The number of hydrogen-bond acceptors (Lipinski definition) is 12. The number of nitrogens with one attached hydrogen (secondary N) is 9. The number of primary amides is 2. The Morgan fingerprint density at radius 3 is 2.12 bits per heavy atom. The minimum absolute atomic E-state index is 0.0206. The highest BCUT2D eigenvalue weighted by Gasteiger charge is 2.42. The molecular weight excluding hydrogens is 867 g/mol. The van der Waals surface area contributed by atoms with Gasteiger partial charge in [-0.2, -0.15) is 11.8 Å². The summed E-state index contributed by atoms with van der Waals surface area (Å²) in [6.45, 7) is 2.82. The van der Waals surface area contributed by atoms with Crippen molar-refractivity contribution in [3.8, 4) is 0 Å². The smallest absolute Gasteiger partial charge is 0.315 e. The summed E-state index contributed by atoms with van der Waals surface area (Å²) in [4.78, 5) is 125. The SMILES string of the molecule is CC(C)CC(CC(=O)NO)C(=O)N[C@@H](Cc1ccccc1)C(=O)N[C@@H](CCC(N)=O)C(=O)NCC(=O)NCC(=O)N[C@@H](CCCCNC(=O)CCCC[C@@H]1SC[C@@H]2NC(=O)N[C@@H]21)C(N)=O. The van der Waals surface area contributed by atoms with E-state index in [0.29, 0.717) is 43.0 Å². The van der Waals surface area contributed by atoms with Crippen LogP contribution < -0.4 is 59.5 Å². The van der Waals surface area contributed by atoms with Crippen molar-refractivity contribution in [3.05, 3.63) is 35.9 Å². The van der Waals surface area contributed by atoms with Crippen LogP contribution in [0.4, 0.5) is 4.79 Å². The first kappa shape index (κ1) is 53.4. The molecule has 0 bridgehead atoms. The number of urea groups is 1. The average molecular weight is 932 g/mol. The maximum Gasteiger partial charge on any atom is 0.315 e. The molecule has 2 fully saturated rings. The third kappa shape index (κ3) is 20.2. The predicted octanol–water partition coefficient (Wildman–Crippen LogP) is -1.76. The van der Waals surface area contributed by atoms with Crippen LogP contribution in [-0.2, 0) is 49.6 Å². The second kappa shape index (κ2) is 28.0. The van der Waals surface area contributed by atoms with Crippen molar-refractivity contribution in [1.82, 2.24) is 48.0 Å². The van der Waals surface area contributed by atoms with E-state index in [-0.39, 0.29) is 68.5 Å². The van der Waals surface area contributed by atoms with Crippen molar-refractivity contribution in [2.75, 3.05) is 25.4 Å². The third-order valence-corrected chi connectivity index (χ3v) is 12.3. The highest BCUT2D eigenvalue weighted by atomic mass is 32.2. The number of carbonyl (C=O) groups excluding carboxylic acids is 10. The molecule has 7 atom stereocenters. The number of hydrogen-bond donors (Lipinski definition) is 12. The Kier molecular flexibility index (Phi) is 23.0. The quantitative estimate of drug-likeness (QED) is 0.0177. The van der Waals surface area contributed by atoms with Crippen molar-refractivity contribution < 1.29 is 53.2 Å². The maximum atomic E-state index is 13.7. The van der Waals surface area contributed by atoms with Crippen LogP contribution in [-0.4, -0.2) is 125 Å². The van der Waals surface area contributed by atoms with Crippen molar-refractivity contribution in [3.63, 3.8) is 0 Å². The van der Waals surface area contributed by atoms with Gasteiger partial charge in [0.05, 0.1) is 25.2 Å². The van der Waals surface area contributed by atoms with Gasteiger partial charge >= 0.3 is 6.03 Å². The zero-order chi connectivity index (χ0) is 47.9. The van der Waals surface area contributed by atoms with Gasteiger partial charge in [-0.3, -0.25) is 48.4 Å². The molecule has 0 saturated carbocycles. The van der Waals surface area contributed by atoms with E-state index < -0.39 is 84.4 Å². The van der Waals surface area contributed by atoms with Crippen LogP contribution in [0.1, 0.15) is 90.0 Å². The highest BCUT2D eigenvalue weighted by Crippen LogP contribution is 2.33. The van der Waals surface area contributed by atoms with Crippen LogP contribution >= 0.6 is 11.8 Å². The van der Waals surface area contributed by atoms with Crippen LogP contribution in [0, 0.1) is 11.8 Å². The van der Waals surface area contributed by atoms with Crippen molar-refractivity contribution in [2.24, 2.45) is 23.3 Å². The molecule has 2 aliphatic heterocycles. The number of amides is 11. The number of benzene rings is 1. The van der Waals surface area contributed by atoms with E-state index in [1.54, 1.807) is 30.3 Å². The number of carbonyl (C=O) groups is 10. The largest absolute Gasteiger partial charge is 0.370 e. The molecule has 2 aliphatic rings. The third-order valence-electron chi connectivity index (χ3n) is 10.8. The van der Waals surface area contributed by atoms with Crippen molar-refractivity contribution in [2.45, 2.75) is 126 Å². The maximum absolute atomic E-state index is 13.7. The van der Waals surface area contributed by atoms with Gasteiger partial charge in [-0.05, 0) is 56.4 Å². The Labute approximate surface area is 382 Å². The van der Waals surface area contributed by atoms with E-state index in [0.717, 1.165) is 18.6 Å². The molecule has 65 heavy (non-hydrogen) atoms. The minimum Gasteiger partial charge on any atom is -0.370 e. The van der Waals surface area contributed by atoms with Crippen LogP contribution in [0.2, 0.25) is 0 Å². The molecule has 2 heterocycles. The second-order valence-corrected chi connectivity index (χ2v) is 17.9. The van der Waals surface area contributed by atoms with Gasteiger partial charge in [0.25, 0.3) is 0 Å². The molecule has 360 valence electrons. The van der Waals surface area contributed by atoms with Crippen molar-refractivity contribution in [1.29, 1.82) is 0 Å². The Morgan fingerprint density at radius 1 is 0.738 bits per heavy atom. The average Bonchev–Trinajstić information content (AvgIpc) is 3.82. The van der Waals surface area contributed by atoms with Gasteiger partial charge in [0.2, 0.25) is 53.2 Å². The number of fused-ring (bicyclic) bond motifs is 1. The highest BCUT2D eigenvalue weighted by molar-refractivity contribution is 8.00. The molecule has 0 radical (unpaired) electrons. The molecule has 2 saturated heterocycles. The molecule has 0 aliphatic carbocycles. The molecule has 23 heteroatoms. The molecule has 1 unspecified atom stereocenters. The first-order chi connectivity index (χ1) is 30.9. The van der Waals surface area contributed by atoms with E-state index in [4.69, 9.17) is 16.7 Å². The molecule has 22 nitrogen and oxygen atoms in total. The fourth-order valence-electron chi connectivity index (χ4n) is 7.42. The minimum atomic E-state index is -1.39.